The zero-order chi connectivity index (χ0) is 15.6. The Morgan fingerprint density at radius 1 is 1.29 bits per heavy atom. The van der Waals surface area contributed by atoms with Gasteiger partial charge in [-0.25, -0.2) is 0 Å². The SMILES string of the molecule is Cc1nn(CC(=O)Nc2ccc(C(C)C)cc2)c(C)c1Br. The van der Waals surface area contributed by atoms with Crippen molar-refractivity contribution in [3.63, 3.8) is 0 Å². The summed E-state index contributed by atoms with van der Waals surface area (Å²) < 4.78 is 2.66. The molecule has 0 bridgehead atoms. The number of benzene rings is 1. The Morgan fingerprint density at radius 2 is 1.90 bits per heavy atom. The molecule has 1 aromatic carbocycles. The van der Waals surface area contributed by atoms with Gasteiger partial charge in [0.1, 0.15) is 6.54 Å². The van der Waals surface area contributed by atoms with Crippen LogP contribution in [0.2, 0.25) is 0 Å². The van der Waals surface area contributed by atoms with Gasteiger partial charge in [0.15, 0.2) is 0 Å². The number of anilines is 1. The van der Waals surface area contributed by atoms with E-state index in [-0.39, 0.29) is 12.5 Å². The van der Waals surface area contributed by atoms with E-state index in [4.69, 9.17) is 0 Å². The van der Waals surface area contributed by atoms with Gasteiger partial charge in [0.05, 0.1) is 15.9 Å². The standard InChI is InChI=1S/C16H20BrN3O/c1-10(2)13-5-7-14(8-6-13)18-15(21)9-20-12(4)16(17)11(3)19-20/h5-8,10H,9H2,1-4H3,(H,18,21). The minimum atomic E-state index is -0.0783. The number of halogens is 1. The molecule has 1 heterocycles. The fourth-order valence-corrected chi connectivity index (χ4v) is 2.40. The van der Waals surface area contributed by atoms with Crippen LogP contribution in [-0.4, -0.2) is 15.7 Å². The van der Waals surface area contributed by atoms with Crippen LogP contribution in [0.4, 0.5) is 5.69 Å². The van der Waals surface area contributed by atoms with Gasteiger partial charge < -0.3 is 5.32 Å². The maximum Gasteiger partial charge on any atom is 0.246 e. The molecule has 0 aliphatic rings. The number of carbonyl (C=O) groups excluding carboxylic acids is 1. The third-order valence-electron chi connectivity index (χ3n) is 3.45. The fourth-order valence-electron chi connectivity index (χ4n) is 2.12. The molecular weight excluding hydrogens is 330 g/mol. The maximum atomic E-state index is 12.1. The maximum absolute atomic E-state index is 12.1. The second kappa shape index (κ2) is 6.43. The molecule has 0 aliphatic heterocycles. The molecule has 1 aromatic heterocycles. The van der Waals surface area contributed by atoms with Crippen molar-refractivity contribution < 1.29 is 4.79 Å². The van der Waals surface area contributed by atoms with Crippen molar-refractivity contribution in [2.45, 2.75) is 40.2 Å². The Balaban J connectivity index is 2.03. The van der Waals surface area contributed by atoms with Crippen LogP contribution >= 0.6 is 15.9 Å². The van der Waals surface area contributed by atoms with Crippen molar-refractivity contribution in [3.05, 3.63) is 45.7 Å². The zero-order valence-corrected chi connectivity index (χ0v) is 14.4. The van der Waals surface area contributed by atoms with E-state index in [1.54, 1.807) is 4.68 Å². The second-order valence-electron chi connectivity index (χ2n) is 5.47. The molecule has 4 nitrogen and oxygen atoms in total. The molecule has 0 saturated heterocycles. The van der Waals surface area contributed by atoms with Gasteiger partial charge in [-0.15, -0.1) is 0 Å². The quantitative estimate of drug-likeness (QED) is 0.905. The minimum Gasteiger partial charge on any atom is -0.324 e. The first-order valence-corrected chi connectivity index (χ1v) is 7.77. The monoisotopic (exact) mass is 349 g/mol. The van der Waals surface area contributed by atoms with Gasteiger partial charge in [-0.1, -0.05) is 26.0 Å². The summed E-state index contributed by atoms with van der Waals surface area (Å²) >= 11 is 3.46. The van der Waals surface area contributed by atoms with Crippen LogP contribution in [-0.2, 0) is 11.3 Å². The van der Waals surface area contributed by atoms with E-state index in [9.17, 15) is 4.79 Å². The topological polar surface area (TPSA) is 46.9 Å². The first-order chi connectivity index (χ1) is 9.88. The minimum absolute atomic E-state index is 0.0783. The lowest BCUT2D eigenvalue weighted by atomic mass is 10.0. The van der Waals surface area contributed by atoms with Crippen LogP contribution in [0.1, 0.15) is 36.7 Å². The van der Waals surface area contributed by atoms with Crippen molar-refractivity contribution in [3.8, 4) is 0 Å². The Morgan fingerprint density at radius 3 is 2.38 bits per heavy atom. The highest BCUT2D eigenvalue weighted by Crippen LogP contribution is 2.20. The molecule has 0 fully saturated rings. The van der Waals surface area contributed by atoms with E-state index in [0.717, 1.165) is 21.5 Å². The lowest BCUT2D eigenvalue weighted by molar-refractivity contribution is -0.116. The number of hydrogen-bond donors (Lipinski definition) is 1. The number of rotatable bonds is 4. The summed E-state index contributed by atoms with van der Waals surface area (Å²) in [6, 6.07) is 7.95. The number of aromatic nitrogens is 2. The summed E-state index contributed by atoms with van der Waals surface area (Å²) in [5.74, 6) is 0.409. The third kappa shape index (κ3) is 3.73. The Bertz CT molecular complexity index is 644. The van der Waals surface area contributed by atoms with Crippen molar-refractivity contribution in [2.75, 3.05) is 5.32 Å². The predicted molar refractivity (Wildman–Crippen MR) is 88.6 cm³/mol. The summed E-state index contributed by atoms with van der Waals surface area (Å²) in [4.78, 5) is 12.1. The van der Waals surface area contributed by atoms with Gasteiger partial charge >= 0.3 is 0 Å². The van der Waals surface area contributed by atoms with E-state index in [1.165, 1.54) is 5.56 Å². The highest BCUT2D eigenvalue weighted by molar-refractivity contribution is 9.10. The number of amides is 1. The van der Waals surface area contributed by atoms with Gasteiger partial charge in [-0.3, -0.25) is 9.48 Å². The molecule has 2 aromatic rings. The van der Waals surface area contributed by atoms with Gasteiger partial charge in [0.25, 0.3) is 0 Å². The van der Waals surface area contributed by atoms with Crippen LogP contribution < -0.4 is 5.32 Å². The van der Waals surface area contributed by atoms with Crippen LogP contribution in [0, 0.1) is 13.8 Å². The molecule has 5 heteroatoms. The number of nitrogens with one attached hydrogen (secondary N) is 1. The second-order valence-corrected chi connectivity index (χ2v) is 6.26. The van der Waals surface area contributed by atoms with E-state index >= 15 is 0 Å². The van der Waals surface area contributed by atoms with E-state index in [0.29, 0.717) is 5.92 Å². The Kier molecular flexibility index (Phi) is 4.83. The molecule has 0 unspecified atom stereocenters. The van der Waals surface area contributed by atoms with E-state index in [1.807, 2.05) is 38.1 Å². The molecule has 1 N–H and O–H groups in total. The number of hydrogen-bond acceptors (Lipinski definition) is 2. The Hall–Kier alpha value is -1.62. The van der Waals surface area contributed by atoms with Crippen molar-refractivity contribution in [1.82, 2.24) is 9.78 Å². The number of aryl methyl sites for hydroxylation is 1. The van der Waals surface area contributed by atoms with Crippen LogP contribution in [0.3, 0.4) is 0 Å². The summed E-state index contributed by atoms with van der Waals surface area (Å²) in [7, 11) is 0. The molecule has 112 valence electrons. The average molecular weight is 350 g/mol. The molecule has 21 heavy (non-hydrogen) atoms. The van der Waals surface area contributed by atoms with Crippen molar-refractivity contribution in [2.24, 2.45) is 0 Å². The first kappa shape index (κ1) is 15.8. The first-order valence-electron chi connectivity index (χ1n) is 6.97. The van der Waals surface area contributed by atoms with Crippen molar-refractivity contribution in [1.29, 1.82) is 0 Å². The molecule has 1 amide bonds. The lowest BCUT2D eigenvalue weighted by Crippen LogP contribution is -2.20. The highest BCUT2D eigenvalue weighted by atomic mass is 79.9. The van der Waals surface area contributed by atoms with Gasteiger partial charge in [0, 0.05) is 5.69 Å². The smallest absolute Gasteiger partial charge is 0.246 e. The van der Waals surface area contributed by atoms with Crippen LogP contribution in [0.15, 0.2) is 28.7 Å². The summed E-state index contributed by atoms with van der Waals surface area (Å²) in [5, 5.41) is 7.24. The van der Waals surface area contributed by atoms with Crippen LogP contribution in [0.5, 0.6) is 0 Å². The molecule has 0 saturated carbocycles. The number of nitrogens with zero attached hydrogens (tertiary/aromatic N) is 2. The summed E-state index contributed by atoms with van der Waals surface area (Å²) in [6.07, 6.45) is 0. The zero-order valence-electron chi connectivity index (χ0n) is 12.8. The molecule has 0 atom stereocenters. The molecular formula is C16H20BrN3O. The third-order valence-corrected chi connectivity index (χ3v) is 4.60. The predicted octanol–water partition coefficient (Wildman–Crippen LogP) is 4.02. The van der Waals surface area contributed by atoms with Gasteiger partial charge in [-0.05, 0) is 53.4 Å². The summed E-state index contributed by atoms with van der Waals surface area (Å²) in [5.41, 5.74) is 3.92. The number of carbonyl (C=O) groups is 1. The van der Waals surface area contributed by atoms with E-state index in [2.05, 4.69) is 40.2 Å². The van der Waals surface area contributed by atoms with E-state index < -0.39 is 0 Å². The van der Waals surface area contributed by atoms with Gasteiger partial charge in [-0.2, -0.15) is 5.10 Å². The highest BCUT2D eigenvalue weighted by Gasteiger charge is 2.12. The fraction of sp³-hybridized carbons (Fsp3) is 0.375. The largest absolute Gasteiger partial charge is 0.324 e. The normalized spacial score (nSPS) is 11.0. The summed E-state index contributed by atoms with van der Waals surface area (Å²) in [6.45, 7) is 8.36. The molecule has 0 spiro atoms. The lowest BCUT2D eigenvalue weighted by Gasteiger charge is -2.09. The van der Waals surface area contributed by atoms with Gasteiger partial charge in [0.2, 0.25) is 5.91 Å². The molecule has 0 radical (unpaired) electrons. The van der Waals surface area contributed by atoms with Crippen LogP contribution in [0.25, 0.3) is 0 Å². The average Bonchev–Trinajstić information content (AvgIpc) is 2.67. The van der Waals surface area contributed by atoms with Crippen molar-refractivity contribution >= 4 is 27.5 Å². The molecule has 0 aliphatic carbocycles. The molecule has 2 rings (SSSR count). The Labute approximate surface area is 133 Å².